The topological polar surface area (TPSA) is 40.5 Å². The first kappa shape index (κ1) is 12.3. The highest BCUT2D eigenvalue weighted by Gasteiger charge is 2.31. The second kappa shape index (κ2) is 5.02. The number of hydrogen-bond acceptors (Lipinski definition) is 2. The number of likely N-dealkylation sites (tertiary alicyclic amines) is 1. The molecule has 0 unspecified atom stereocenters. The van der Waals surface area contributed by atoms with Crippen LogP contribution in [-0.2, 0) is 0 Å². The van der Waals surface area contributed by atoms with Gasteiger partial charge in [-0.1, -0.05) is 17.7 Å². The Morgan fingerprint density at radius 3 is 3.00 bits per heavy atom. The van der Waals surface area contributed by atoms with Gasteiger partial charge in [-0.25, -0.2) is 4.39 Å². The Morgan fingerprint density at radius 2 is 2.35 bits per heavy atom. The van der Waals surface area contributed by atoms with Crippen LogP contribution in [0.3, 0.4) is 0 Å². The average molecular weight is 258 g/mol. The zero-order chi connectivity index (χ0) is 12.4. The number of benzene rings is 1. The van der Waals surface area contributed by atoms with Gasteiger partial charge in [0.05, 0.1) is 23.2 Å². The summed E-state index contributed by atoms with van der Waals surface area (Å²) >= 11 is 5.84. The van der Waals surface area contributed by atoms with E-state index < -0.39 is 11.7 Å². The number of carbonyl (C=O) groups excluding carboxylic acids is 1. The molecule has 2 rings (SSSR count). The van der Waals surface area contributed by atoms with Gasteiger partial charge in [-0.3, -0.25) is 4.79 Å². The van der Waals surface area contributed by atoms with Crippen LogP contribution in [0.5, 0.6) is 0 Å². The van der Waals surface area contributed by atoms with Crippen LogP contribution in [0.15, 0.2) is 18.2 Å². The molecule has 0 saturated carbocycles. The van der Waals surface area contributed by atoms with Crippen LogP contribution in [0.2, 0.25) is 5.02 Å². The normalized spacial score (nSPS) is 19.7. The van der Waals surface area contributed by atoms with E-state index in [2.05, 4.69) is 0 Å². The standard InChI is InChI=1S/C12H13ClFNO2/c13-9-4-1-5-10(14)11(9)12(17)15-6-2-3-8(15)7-16/h1,4-5,8,16H,2-3,6-7H2/t8-/m1/s1. The Hall–Kier alpha value is -1.13. The lowest BCUT2D eigenvalue weighted by Gasteiger charge is -2.23. The fourth-order valence-electron chi connectivity index (χ4n) is 2.14. The van der Waals surface area contributed by atoms with E-state index >= 15 is 0 Å². The summed E-state index contributed by atoms with van der Waals surface area (Å²) in [6.45, 7) is 0.437. The summed E-state index contributed by atoms with van der Waals surface area (Å²) in [5, 5.41) is 9.26. The van der Waals surface area contributed by atoms with Gasteiger partial charge in [-0.05, 0) is 25.0 Å². The molecule has 1 heterocycles. The molecular formula is C12H13ClFNO2. The Labute approximate surface area is 104 Å². The summed E-state index contributed by atoms with van der Waals surface area (Å²) in [6.07, 6.45) is 1.57. The van der Waals surface area contributed by atoms with E-state index in [1.807, 2.05) is 0 Å². The van der Waals surface area contributed by atoms with E-state index in [1.54, 1.807) is 0 Å². The quantitative estimate of drug-likeness (QED) is 0.881. The Bertz CT molecular complexity index is 418. The fourth-order valence-corrected chi connectivity index (χ4v) is 2.38. The van der Waals surface area contributed by atoms with Crippen molar-refractivity contribution >= 4 is 17.5 Å². The largest absolute Gasteiger partial charge is 0.394 e. The van der Waals surface area contributed by atoms with Gasteiger partial charge in [-0.15, -0.1) is 0 Å². The van der Waals surface area contributed by atoms with E-state index in [0.717, 1.165) is 12.8 Å². The van der Waals surface area contributed by atoms with Gasteiger partial charge >= 0.3 is 0 Å². The van der Waals surface area contributed by atoms with E-state index in [4.69, 9.17) is 16.7 Å². The number of nitrogens with zero attached hydrogens (tertiary/aromatic N) is 1. The van der Waals surface area contributed by atoms with Gasteiger partial charge in [0.2, 0.25) is 0 Å². The molecule has 1 aliphatic rings. The predicted molar refractivity (Wildman–Crippen MR) is 62.6 cm³/mol. The number of halogens is 2. The van der Waals surface area contributed by atoms with E-state index in [9.17, 15) is 9.18 Å². The van der Waals surface area contributed by atoms with E-state index in [0.29, 0.717) is 6.54 Å². The van der Waals surface area contributed by atoms with Gasteiger partial charge in [0.1, 0.15) is 5.82 Å². The summed E-state index contributed by atoms with van der Waals surface area (Å²) in [5.74, 6) is -1.06. The third kappa shape index (κ3) is 2.28. The monoisotopic (exact) mass is 257 g/mol. The Kier molecular flexibility index (Phi) is 3.64. The minimum atomic E-state index is -0.619. The smallest absolute Gasteiger partial charge is 0.258 e. The second-order valence-corrected chi connectivity index (χ2v) is 4.48. The number of aliphatic hydroxyl groups is 1. The van der Waals surface area contributed by atoms with Gasteiger partial charge in [0, 0.05) is 6.54 Å². The number of aliphatic hydroxyl groups excluding tert-OH is 1. The number of carbonyl (C=O) groups is 1. The molecule has 1 aliphatic heterocycles. The maximum atomic E-state index is 13.6. The number of amides is 1. The van der Waals surface area contributed by atoms with Crippen LogP contribution >= 0.6 is 11.6 Å². The second-order valence-electron chi connectivity index (χ2n) is 4.07. The molecule has 0 aliphatic carbocycles. The van der Waals surface area contributed by atoms with Crippen molar-refractivity contribution < 1.29 is 14.3 Å². The molecule has 92 valence electrons. The van der Waals surface area contributed by atoms with Crippen LogP contribution in [0, 0.1) is 5.82 Å². The molecule has 1 fully saturated rings. The first-order valence-corrected chi connectivity index (χ1v) is 5.88. The minimum absolute atomic E-state index is 0.0994. The fraction of sp³-hybridized carbons (Fsp3) is 0.417. The van der Waals surface area contributed by atoms with Crippen molar-refractivity contribution in [1.29, 1.82) is 0 Å². The number of rotatable bonds is 2. The highest BCUT2D eigenvalue weighted by Crippen LogP contribution is 2.25. The SMILES string of the molecule is O=C(c1c(F)cccc1Cl)N1CCC[C@@H]1CO. The summed E-state index contributed by atoms with van der Waals surface area (Å²) < 4.78 is 13.6. The van der Waals surface area contributed by atoms with Crippen LogP contribution in [0.25, 0.3) is 0 Å². The molecule has 0 spiro atoms. The lowest BCUT2D eigenvalue weighted by Crippen LogP contribution is -2.38. The minimum Gasteiger partial charge on any atom is -0.394 e. The summed E-state index contributed by atoms with van der Waals surface area (Å²) in [5.41, 5.74) is -0.102. The highest BCUT2D eigenvalue weighted by molar-refractivity contribution is 6.33. The molecule has 1 atom stereocenters. The van der Waals surface area contributed by atoms with Crippen molar-refractivity contribution in [2.24, 2.45) is 0 Å². The van der Waals surface area contributed by atoms with Crippen molar-refractivity contribution in [2.45, 2.75) is 18.9 Å². The molecule has 1 N–H and O–H groups in total. The summed E-state index contributed by atoms with van der Waals surface area (Å²) in [4.78, 5) is 13.6. The van der Waals surface area contributed by atoms with Crippen LogP contribution in [-0.4, -0.2) is 35.1 Å². The summed E-state index contributed by atoms with van der Waals surface area (Å²) in [7, 11) is 0. The molecule has 17 heavy (non-hydrogen) atoms. The van der Waals surface area contributed by atoms with E-state index in [1.165, 1.54) is 23.1 Å². The molecule has 0 radical (unpaired) electrons. The molecule has 1 saturated heterocycles. The van der Waals surface area contributed by atoms with Crippen molar-refractivity contribution in [1.82, 2.24) is 4.90 Å². The molecule has 1 amide bonds. The molecule has 0 aromatic heterocycles. The van der Waals surface area contributed by atoms with Crippen LogP contribution in [0.4, 0.5) is 4.39 Å². The van der Waals surface area contributed by atoms with Crippen molar-refractivity contribution in [3.05, 3.63) is 34.6 Å². The van der Waals surface area contributed by atoms with Gasteiger partial charge in [0.25, 0.3) is 5.91 Å². The first-order valence-electron chi connectivity index (χ1n) is 5.51. The molecule has 1 aromatic rings. The van der Waals surface area contributed by atoms with Crippen molar-refractivity contribution in [2.75, 3.05) is 13.2 Å². The Balaban J connectivity index is 2.31. The molecular weight excluding hydrogens is 245 g/mol. The maximum Gasteiger partial charge on any atom is 0.258 e. The third-order valence-corrected chi connectivity index (χ3v) is 3.34. The first-order chi connectivity index (χ1) is 8.15. The predicted octanol–water partition coefficient (Wildman–Crippen LogP) is 2.08. The average Bonchev–Trinajstić information content (AvgIpc) is 2.76. The lowest BCUT2D eigenvalue weighted by atomic mass is 10.1. The Morgan fingerprint density at radius 1 is 1.59 bits per heavy atom. The highest BCUT2D eigenvalue weighted by atomic mass is 35.5. The third-order valence-electron chi connectivity index (χ3n) is 3.03. The molecule has 3 nitrogen and oxygen atoms in total. The molecule has 1 aromatic carbocycles. The zero-order valence-electron chi connectivity index (χ0n) is 9.20. The number of hydrogen-bond donors (Lipinski definition) is 1. The van der Waals surface area contributed by atoms with Crippen LogP contribution in [0.1, 0.15) is 23.2 Å². The van der Waals surface area contributed by atoms with Crippen molar-refractivity contribution in [3.8, 4) is 0 Å². The maximum absolute atomic E-state index is 13.6. The van der Waals surface area contributed by atoms with Crippen molar-refractivity contribution in [3.63, 3.8) is 0 Å². The molecule has 0 bridgehead atoms. The van der Waals surface area contributed by atoms with Gasteiger partial charge in [-0.2, -0.15) is 0 Å². The van der Waals surface area contributed by atoms with Gasteiger partial charge in [0.15, 0.2) is 0 Å². The molecule has 5 heteroatoms. The van der Waals surface area contributed by atoms with E-state index in [-0.39, 0.29) is 23.2 Å². The van der Waals surface area contributed by atoms with Crippen LogP contribution < -0.4 is 0 Å². The van der Waals surface area contributed by atoms with Gasteiger partial charge < -0.3 is 10.0 Å². The summed E-state index contributed by atoms with van der Waals surface area (Å²) in [6, 6.07) is 3.94. The lowest BCUT2D eigenvalue weighted by molar-refractivity contribution is 0.0673. The zero-order valence-corrected chi connectivity index (χ0v) is 9.95.